The summed E-state index contributed by atoms with van der Waals surface area (Å²) in [5, 5.41) is 5.73. The third-order valence-corrected chi connectivity index (χ3v) is 3.68. The van der Waals surface area contributed by atoms with Gasteiger partial charge < -0.3 is 16.4 Å². The third kappa shape index (κ3) is 3.82. The van der Waals surface area contributed by atoms with Gasteiger partial charge in [0.05, 0.1) is 18.5 Å². The largest absolute Gasteiger partial charge is 0.348 e. The predicted octanol–water partition coefficient (Wildman–Crippen LogP) is 1.73. The van der Waals surface area contributed by atoms with Gasteiger partial charge in [-0.25, -0.2) is 0 Å². The maximum absolute atomic E-state index is 12.0. The first-order chi connectivity index (χ1) is 9.86. The number of rotatable bonds is 5. The molecule has 114 valence electrons. The number of nitrogens with one attached hydrogen (secondary N) is 2. The molecule has 5 heteroatoms. The van der Waals surface area contributed by atoms with Crippen LogP contribution < -0.4 is 16.4 Å². The standard InChI is InChI=1S/C16H23N3O2/c1-9(2)6-13(17)16(21)18-10(3)11-4-5-14-12(7-11)8-15(20)19-14/h4-5,7,9-10,13H,6,8,17H2,1-3H3,(H,18,21)(H,19,20)/t10?,13-/m0/s1. The minimum absolute atomic E-state index is 0.0118. The van der Waals surface area contributed by atoms with Gasteiger partial charge in [-0.05, 0) is 36.5 Å². The van der Waals surface area contributed by atoms with Crippen LogP contribution in [0.15, 0.2) is 18.2 Å². The number of carbonyl (C=O) groups excluding carboxylic acids is 2. The Labute approximate surface area is 125 Å². The zero-order valence-electron chi connectivity index (χ0n) is 12.8. The molecule has 0 saturated heterocycles. The van der Waals surface area contributed by atoms with E-state index >= 15 is 0 Å². The lowest BCUT2D eigenvalue weighted by Crippen LogP contribution is -2.42. The minimum atomic E-state index is -0.481. The maximum atomic E-state index is 12.0. The summed E-state index contributed by atoms with van der Waals surface area (Å²) in [5.74, 6) is 0.266. The van der Waals surface area contributed by atoms with Gasteiger partial charge in [0.1, 0.15) is 0 Å². The summed E-state index contributed by atoms with van der Waals surface area (Å²) >= 11 is 0. The summed E-state index contributed by atoms with van der Waals surface area (Å²) in [4.78, 5) is 23.4. The van der Waals surface area contributed by atoms with Crippen LogP contribution in [0.1, 0.15) is 44.4 Å². The minimum Gasteiger partial charge on any atom is -0.348 e. The molecule has 1 aromatic carbocycles. The smallest absolute Gasteiger partial charge is 0.237 e. The maximum Gasteiger partial charge on any atom is 0.237 e. The van der Waals surface area contributed by atoms with Crippen LogP contribution in [-0.2, 0) is 16.0 Å². The molecule has 21 heavy (non-hydrogen) atoms. The van der Waals surface area contributed by atoms with Gasteiger partial charge in [-0.1, -0.05) is 26.0 Å². The molecule has 2 amide bonds. The Bertz CT molecular complexity index is 554. The first kappa shape index (κ1) is 15.5. The SMILES string of the molecule is CC(C)C[C@H](N)C(=O)NC(C)c1ccc2c(c1)CC(=O)N2. The number of nitrogens with two attached hydrogens (primary N) is 1. The molecule has 0 bridgehead atoms. The van der Waals surface area contributed by atoms with Crippen LogP contribution in [0.3, 0.4) is 0 Å². The van der Waals surface area contributed by atoms with E-state index in [4.69, 9.17) is 5.73 Å². The second-order valence-corrected chi connectivity index (χ2v) is 6.11. The Morgan fingerprint density at radius 1 is 1.38 bits per heavy atom. The van der Waals surface area contributed by atoms with E-state index in [0.29, 0.717) is 18.8 Å². The molecule has 1 heterocycles. The molecular weight excluding hydrogens is 266 g/mol. The van der Waals surface area contributed by atoms with Gasteiger partial charge in [-0.15, -0.1) is 0 Å². The van der Waals surface area contributed by atoms with Gasteiger partial charge in [-0.3, -0.25) is 9.59 Å². The van der Waals surface area contributed by atoms with Crippen molar-refractivity contribution in [2.24, 2.45) is 11.7 Å². The highest BCUT2D eigenvalue weighted by atomic mass is 16.2. The van der Waals surface area contributed by atoms with E-state index in [1.165, 1.54) is 0 Å². The van der Waals surface area contributed by atoms with Crippen molar-refractivity contribution in [1.82, 2.24) is 5.32 Å². The van der Waals surface area contributed by atoms with Crippen LogP contribution in [0.5, 0.6) is 0 Å². The van der Waals surface area contributed by atoms with Gasteiger partial charge in [0.25, 0.3) is 0 Å². The van der Waals surface area contributed by atoms with E-state index in [2.05, 4.69) is 10.6 Å². The number of hydrogen-bond acceptors (Lipinski definition) is 3. The zero-order chi connectivity index (χ0) is 15.6. The van der Waals surface area contributed by atoms with Crippen molar-refractivity contribution >= 4 is 17.5 Å². The van der Waals surface area contributed by atoms with Crippen LogP contribution in [-0.4, -0.2) is 17.9 Å². The molecule has 1 aliphatic heterocycles. The third-order valence-electron chi connectivity index (χ3n) is 3.68. The average molecular weight is 289 g/mol. The van der Waals surface area contributed by atoms with Crippen LogP contribution >= 0.6 is 0 Å². The lowest BCUT2D eigenvalue weighted by atomic mass is 10.0. The Kier molecular flexibility index (Phi) is 4.63. The normalized spacial score (nSPS) is 16.3. The molecule has 0 spiro atoms. The van der Waals surface area contributed by atoms with Gasteiger partial charge >= 0.3 is 0 Å². The molecule has 1 unspecified atom stereocenters. The lowest BCUT2D eigenvalue weighted by Gasteiger charge is -2.19. The van der Waals surface area contributed by atoms with E-state index in [-0.39, 0.29) is 17.9 Å². The molecule has 0 radical (unpaired) electrons. The second-order valence-electron chi connectivity index (χ2n) is 6.11. The van der Waals surface area contributed by atoms with Crippen LogP contribution in [0.2, 0.25) is 0 Å². The summed E-state index contributed by atoms with van der Waals surface area (Å²) < 4.78 is 0. The molecule has 2 atom stereocenters. The number of fused-ring (bicyclic) bond motifs is 1. The number of benzene rings is 1. The number of anilines is 1. The van der Waals surface area contributed by atoms with Crippen LogP contribution in [0.4, 0.5) is 5.69 Å². The van der Waals surface area contributed by atoms with Gasteiger partial charge in [0.15, 0.2) is 0 Å². The fourth-order valence-electron chi connectivity index (χ4n) is 2.54. The molecule has 5 nitrogen and oxygen atoms in total. The van der Waals surface area contributed by atoms with E-state index in [1.807, 2.05) is 39.0 Å². The molecule has 0 aromatic heterocycles. The van der Waals surface area contributed by atoms with Crippen molar-refractivity contribution in [3.8, 4) is 0 Å². The molecule has 1 aromatic rings. The van der Waals surface area contributed by atoms with E-state index in [9.17, 15) is 9.59 Å². The van der Waals surface area contributed by atoms with E-state index in [1.54, 1.807) is 0 Å². The predicted molar refractivity (Wildman–Crippen MR) is 82.8 cm³/mol. The lowest BCUT2D eigenvalue weighted by molar-refractivity contribution is -0.123. The van der Waals surface area contributed by atoms with Gasteiger partial charge in [0, 0.05) is 5.69 Å². The molecule has 1 aliphatic rings. The molecule has 4 N–H and O–H groups in total. The molecule has 0 saturated carbocycles. The fraction of sp³-hybridized carbons (Fsp3) is 0.500. The van der Waals surface area contributed by atoms with Crippen molar-refractivity contribution in [3.63, 3.8) is 0 Å². The summed E-state index contributed by atoms with van der Waals surface area (Å²) in [5.41, 5.74) is 8.70. The monoisotopic (exact) mass is 289 g/mol. The second kappa shape index (κ2) is 6.26. The quantitative estimate of drug-likeness (QED) is 0.772. The van der Waals surface area contributed by atoms with Crippen LogP contribution in [0, 0.1) is 5.92 Å². The Hall–Kier alpha value is -1.88. The van der Waals surface area contributed by atoms with Crippen LogP contribution in [0.25, 0.3) is 0 Å². The summed E-state index contributed by atoms with van der Waals surface area (Å²) in [6.45, 7) is 6.01. The Morgan fingerprint density at radius 2 is 2.10 bits per heavy atom. The highest BCUT2D eigenvalue weighted by Crippen LogP contribution is 2.26. The van der Waals surface area contributed by atoms with E-state index < -0.39 is 6.04 Å². The summed E-state index contributed by atoms with van der Waals surface area (Å²) in [6.07, 6.45) is 1.07. The summed E-state index contributed by atoms with van der Waals surface area (Å²) in [7, 11) is 0. The molecule has 2 rings (SSSR count). The Morgan fingerprint density at radius 3 is 2.76 bits per heavy atom. The number of amides is 2. The van der Waals surface area contributed by atoms with Gasteiger partial charge in [0.2, 0.25) is 11.8 Å². The highest BCUT2D eigenvalue weighted by molar-refractivity contribution is 5.99. The topological polar surface area (TPSA) is 84.2 Å². The Balaban J connectivity index is 2.01. The van der Waals surface area contributed by atoms with Crippen molar-refractivity contribution in [2.75, 3.05) is 5.32 Å². The first-order valence-corrected chi connectivity index (χ1v) is 7.35. The number of carbonyl (C=O) groups is 2. The first-order valence-electron chi connectivity index (χ1n) is 7.35. The van der Waals surface area contributed by atoms with Crippen molar-refractivity contribution < 1.29 is 9.59 Å². The van der Waals surface area contributed by atoms with E-state index in [0.717, 1.165) is 16.8 Å². The summed E-state index contributed by atoms with van der Waals surface area (Å²) in [6, 6.07) is 5.16. The molecule has 0 fully saturated rings. The fourth-order valence-corrected chi connectivity index (χ4v) is 2.54. The van der Waals surface area contributed by atoms with Crippen molar-refractivity contribution in [1.29, 1.82) is 0 Å². The highest BCUT2D eigenvalue weighted by Gasteiger charge is 2.21. The molecular formula is C16H23N3O2. The van der Waals surface area contributed by atoms with Gasteiger partial charge in [-0.2, -0.15) is 0 Å². The molecule has 0 aliphatic carbocycles. The number of hydrogen-bond donors (Lipinski definition) is 3. The average Bonchev–Trinajstić information content (AvgIpc) is 2.76. The van der Waals surface area contributed by atoms with Crippen molar-refractivity contribution in [3.05, 3.63) is 29.3 Å². The van der Waals surface area contributed by atoms with Crippen molar-refractivity contribution in [2.45, 2.75) is 45.7 Å². The zero-order valence-corrected chi connectivity index (χ0v) is 12.8.